The molecule has 0 spiro atoms. The van der Waals surface area contributed by atoms with E-state index in [1.165, 1.54) is 19.5 Å². The number of nitrogen functional groups attached to an aromatic ring is 1. The van der Waals surface area contributed by atoms with Crippen LogP contribution in [0.1, 0.15) is 45.6 Å². The number of esters is 1. The molecule has 0 amide bonds. The number of aromatic nitrogens is 1. The SMILES string of the molecule is COC(=O)c1ccc(C(=N)c2cc(O[C@H](C)c3c(Cl)cncc3Cl)ccc2N)cc1C. The molecule has 1 atom stereocenters. The number of halogens is 2. The topological polar surface area (TPSA) is 98.3 Å². The van der Waals surface area contributed by atoms with Crippen LogP contribution >= 0.6 is 23.2 Å². The fourth-order valence-corrected chi connectivity index (χ4v) is 3.88. The average molecular weight is 458 g/mol. The first kappa shape index (κ1) is 22.6. The Morgan fingerprint density at radius 2 is 1.77 bits per heavy atom. The van der Waals surface area contributed by atoms with Crippen molar-refractivity contribution in [2.24, 2.45) is 0 Å². The first-order valence-corrected chi connectivity index (χ1v) is 10.1. The number of methoxy groups -OCH3 is 1. The van der Waals surface area contributed by atoms with Crippen molar-refractivity contribution in [2.45, 2.75) is 20.0 Å². The van der Waals surface area contributed by atoms with Gasteiger partial charge >= 0.3 is 5.97 Å². The molecule has 160 valence electrons. The molecular weight excluding hydrogens is 437 g/mol. The number of hydrogen-bond donors (Lipinski definition) is 2. The molecule has 2 aromatic carbocycles. The fraction of sp³-hybridized carbons (Fsp3) is 0.174. The van der Waals surface area contributed by atoms with Gasteiger partial charge in [0.1, 0.15) is 11.9 Å². The van der Waals surface area contributed by atoms with E-state index < -0.39 is 12.1 Å². The minimum Gasteiger partial charge on any atom is -0.486 e. The summed E-state index contributed by atoms with van der Waals surface area (Å²) in [5, 5.41) is 9.45. The summed E-state index contributed by atoms with van der Waals surface area (Å²) in [6.45, 7) is 3.61. The number of aryl methyl sites for hydroxylation is 1. The monoisotopic (exact) mass is 457 g/mol. The summed E-state index contributed by atoms with van der Waals surface area (Å²) in [7, 11) is 1.33. The molecule has 0 bridgehead atoms. The lowest BCUT2D eigenvalue weighted by Crippen LogP contribution is -2.10. The highest BCUT2D eigenvalue weighted by atomic mass is 35.5. The zero-order chi connectivity index (χ0) is 22.7. The van der Waals surface area contributed by atoms with E-state index in [2.05, 4.69) is 4.98 Å². The Morgan fingerprint density at radius 1 is 1.10 bits per heavy atom. The number of pyridine rings is 1. The number of carbonyl (C=O) groups is 1. The lowest BCUT2D eigenvalue weighted by Gasteiger charge is -2.19. The van der Waals surface area contributed by atoms with Crippen molar-refractivity contribution in [3.05, 3.63) is 86.7 Å². The van der Waals surface area contributed by atoms with Crippen molar-refractivity contribution < 1.29 is 14.3 Å². The molecule has 0 fully saturated rings. The molecule has 0 aliphatic rings. The summed E-state index contributed by atoms with van der Waals surface area (Å²) in [6, 6.07) is 10.2. The van der Waals surface area contributed by atoms with Crippen LogP contribution in [0.25, 0.3) is 0 Å². The maximum Gasteiger partial charge on any atom is 0.338 e. The zero-order valence-electron chi connectivity index (χ0n) is 17.2. The molecule has 8 heteroatoms. The number of carbonyl (C=O) groups excluding carboxylic acids is 1. The van der Waals surface area contributed by atoms with Gasteiger partial charge in [-0.15, -0.1) is 0 Å². The van der Waals surface area contributed by atoms with Gasteiger partial charge in [0.2, 0.25) is 0 Å². The minimum atomic E-state index is -0.449. The molecular formula is C23H21Cl2N3O3. The van der Waals surface area contributed by atoms with Gasteiger partial charge in [-0.1, -0.05) is 29.3 Å². The van der Waals surface area contributed by atoms with E-state index in [0.717, 1.165) is 0 Å². The Balaban J connectivity index is 1.90. The van der Waals surface area contributed by atoms with Gasteiger partial charge in [-0.3, -0.25) is 10.4 Å². The first-order valence-electron chi connectivity index (χ1n) is 9.36. The van der Waals surface area contributed by atoms with Gasteiger partial charge in [-0.25, -0.2) is 4.79 Å². The number of benzene rings is 2. The van der Waals surface area contributed by atoms with Crippen LogP contribution in [0, 0.1) is 12.3 Å². The van der Waals surface area contributed by atoms with E-state index in [0.29, 0.717) is 49.3 Å². The van der Waals surface area contributed by atoms with Crippen LogP contribution in [0.3, 0.4) is 0 Å². The first-order chi connectivity index (χ1) is 14.7. The van der Waals surface area contributed by atoms with Gasteiger partial charge in [0.05, 0.1) is 28.4 Å². The van der Waals surface area contributed by atoms with E-state index in [9.17, 15) is 4.79 Å². The lowest BCUT2D eigenvalue weighted by atomic mass is 9.97. The van der Waals surface area contributed by atoms with Crippen LogP contribution in [0.2, 0.25) is 10.0 Å². The van der Waals surface area contributed by atoms with Crippen LogP contribution < -0.4 is 10.5 Å². The minimum absolute atomic E-state index is 0.204. The summed E-state index contributed by atoms with van der Waals surface area (Å²) in [6.07, 6.45) is 2.57. The molecule has 3 rings (SSSR count). The Labute approximate surface area is 190 Å². The largest absolute Gasteiger partial charge is 0.486 e. The number of anilines is 1. The Hall–Kier alpha value is -3.09. The van der Waals surface area contributed by atoms with Gasteiger partial charge in [0.25, 0.3) is 0 Å². The van der Waals surface area contributed by atoms with E-state index in [1.807, 2.05) is 6.92 Å². The molecule has 0 unspecified atom stereocenters. The molecule has 0 saturated carbocycles. The van der Waals surface area contributed by atoms with Crippen molar-refractivity contribution in [3.63, 3.8) is 0 Å². The number of ether oxygens (including phenoxy) is 2. The van der Waals surface area contributed by atoms with E-state index >= 15 is 0 Å². The predicted octanol–water partition coefficient (Wildman–Crippen LogP) is 5.62. The highest BCUT2D eigenvalue weighted by molar-refractivity contribution is 6.35. The number of nitrogens with zero attached hydrogens (tertiary/aromatic N) is 1. The maximum atomic E-state index is 11.8. The van der Waals surface area contributed by atoms with Crippen molar-refractivity contribution in [3.8, 4) is 5.75 Å². The third-order valence-corrected chi connectivity index (χ3v) is 5.43. The Kier molecular flexibility index (Phi) is 6.83. The second kappa shape index (κ2) is 9.37. The van der Waals surface area contributed by atoms with Crippen LogP contribution in [0.5, 0.6) is 5.75 Å². The van der Waals surface area contributed by atoms with Gasteiger partial charge in [-0.2, -0.15) is 0 Å². The van der Waals surface area contributed by atoms with Crippen LogP contribution in [-0.2, 0) is 4.74 Å². The molecule has 6 nitrogen and oxygen atoms in total. The molecule has 0 aliphatic heterocycles. The summed E-state index contributed by atoms with van der Waals surface area (Å²) in [5.74, 6) is 0.0845. The molecule has 3 N–H and O–H groups in total. The predicted molar refractivity (Wildman–Crippen MR) is 123 cm³/mol. The van der Waals surface area contributed by atoms with E-state index in [-0.39, 0.29) is 5.71 Å². The third kappa shape index (κ3) is 4.81. The van der Waals surface area contributed by atoms with Crippen LogP contribution in [-0.4, -0.2) is 23.8 Å². The molecule has 0 saturated heterocycles. The van der Waals surface area contributed by atoms with Gasteiger partial charge in [0, 0.05) is 34.8 Å². The number of nitrogens with two attached hydrogens (primary N) is 1. The summed E-state index contributed by atoms with van der Waals surface area (Å²) < 4.78 is 10.8. The molecule has 31 heavy (non-hydrogen) atoms. The van der Waals surface area contributed by atoms with Crippen LogP contribution in [0.4, 0.5) is 5.69 Å². The smallest absolute Gasteiger partial charge is 0.338 e. The Bertz CT molecular complexity index is 1140. The summed E-state index contributed by atoms with van der Waals surface area (Å²) in [4.78, 5) is 15.8. The number of nitrogens with one attached hydrogen (secondary N) is 1. The quantitative estimate of drug-likeness (QED) is 0.284. The number of rotatable bonds is 6. The zero-order valence-corrected chi connectivity index (χ0v) is 18.7. The normalized spacial score (nSPS) is 11.6. The summed E-state index contributed by atoms with van der Waals surface area (Å²) in [5.41, 5.74) is 9.66. The van der Waals surface area contributed by atoms with Crippen molar-refractivity contribution in [1.29, 1.82) is 5.41 Å². The van der Waals surface area contributed by atoms with Gasteiger partial charge in [0.15, 0.2) is 0 Å². The average Bonchev–Trinajstić information content (AvgIpc) is 2.74. The van der Waals surface area contributed by atoms with Crippen molar-refractivity contribution in [2.75, 3.05) is 12.8 Å². The van der Waals surface area contributed by atoms with E-state index in [4.69, 9.17) is 43.8 Å². The van der Waals surface area contributed by atoms with E-state index in [1.54, 1.807) is 43.3 Å². The standard InChI is InChI=1S/C23H21Cl2N3O3/c1-12-8-14(4-6-16(12)23(29)30-3)22(27)17-9-15(5-7-20(17)26)31-13(2)21-18(24)10-28-11-19(21)25/h4-11,13,27H,26H2,1-3H3/t13-/m1/s1. The highest BCUT2D eigenvalue weighted by Crippen LogP contribution is 2.33. The summed E-state index contributed by atoms with van der Waals surface area (Å²) >= 11 is 12.4. The molecule has 1 aromatic heterocycles. The fourth-order valence-electron chi connectivity index (χ4n) is 3.21. The molecule has 0 radical (unpaired) electrons. The van der Waals surface area contributed by atoms with Gasteiger partial charge in [-0.05, 0) is 49.7 Å². The maximum absolute atomic E-state index is 11.8. The Morgan fingerprint density at radius 3 is 2.39 bits per heavy atom. The molecule has 0 aliphatic carbocycles. The van der Waals surface area contributed by atoms with Crippen molar-refractivity contribution in [1.82, 2.24) is 4.98 Å². The highest BCUT2D eigenvalue weighted by Gasteiger charge is 2.18. The second-order valence-corrected chi connectivity index (χ2v) is 7.74. The lowest BCUT2D eigenvalue weighted by molar-refractivity contribution is 0.0600. The van der Waals surface area contributed by atoms with Crippen LogP contribution in [0.15, 0.2) is 48.8 Å². The molecule has 3 aromatic rings. The van der Waals surface area contributed by atoms with Gasteiger partial charge < -0.3 is 15.2 Å². The third-order valence-electron chi connectivity index (χ3n) is 4.82. The van der Waals surface area contributed by atoms with Crippen molar-refractivity contribution >= 4 is 40.6 Å². The molecule has 1 heterocycles. The number of hydrogen-bond acceptors (Lipinski definition) is 6. The second-order valence-electron chi connectivity index (χ2n) is 6.92.